The fraction of sp³-hybridized carbons (Fsp3) is 0.667. The van der Waals surface area contributed by atoms with Crippen LogP contribution >= 0.6 is 0 Å². The normalized spacial score (nSPS) is 28.1. The summed E-state index contributed by atoms with van der Waals surface area (Å²) >= 11 is 0. The molecule has 1 N–H and O–H groups in total. The predicted octanol–water partition coefficient (Wildman–Crippen LogP) is 0.601. The maximum Gasteiger partial charge on any atom is 0.325 e. The molecule has 1 aliphatic heterocycles. The van der Waals surface area contributed by atoms with Gasteiger partial charge in [-0.1, -0.05) is 0 Å². The highest BCUT2D eigenvalue weighted by molar-refractivity contribution is 4.80. The summed E-state index contributed by atoms with van der Waals surface area (Å²) < 4.78 is 7.13. The average Bonchev–Trinajstić information content (AvgIpc) is 2.65. The van der Waals surface area contributed by atoms with E-state index in [2.05, 4.69) is 11.9 Å². The van der Waals surface area contributed by atoms with E-state index >= 15 is 0 Å². The topological polar surface area (TPSA) is 47.0 Å². The minimum Gasteiger partial charge on any atom is -0.378 e. The van der Waals surface area contributed by atoms with E-state index in [-0.39, 0.29) is 11.8 Å². The van der Waals surface area contributed by atoms with E-state index in [9.17, 15) is 4.79 Å². The Bertz CT molecular complexity index is 328. The first-order valence-corrected chi connectivity index (χ1v) is 4.63. The summed E-state index contributed by atoms with van der Waals surface area (Å²) in [4.78, 5) is 13.8. The maximum absolute atomic E-state index is 11.2. The average molecular weight is 182 g/mol. The van der Waals surface area contributed by atoms with Crippen molar-refractivity contribution < 1.29 is 4.74 Å². The molecule has 0 aliphatic carbocycles. The summed E-state index contributed by atoms with van der Waals surface area (Å²) in [6.07, 6.45) is 4.79. The number of ether oxygens (including phenoxy) is 1. The van der Waals surface area contributed by atoms with Gasteiger partial charge in [0.05, 0.1) is 6.10 Å². The number of nitrogens with one attached hydrogen (secondary N) is 1. The lowest BCUT2D eigenvalue weighted by molar-refractivity contribution is 0.101. The molecule has 4 heteroatoms. The van der Waals surface area contributed by atoms with Crippen molar-refractivity contribution in [1.82, 2.24) is 9.55 Å². The fourth-order valence-electron chi connectivity index (χ4n) is 1.76. The zero-order chi connectivity index (χ0) is 9.26. The summed E-state index contributed by atoms with van der Waals surface area (Å²) in [6.45, 7) is 3.66. The molecule has 0 spiro atoms. The smallest absolute Gasteiger partial charge is 0.325 e. The van der Waals surface area contributed by atoms with Crippen LogP contribution in [0.2, 0.25) is 0 Å². The van der Waals surface area contributed by atoms with E-state index in [1.54, 1.807) is 17.0 Å². The third kappa shape index (κ3) is 1.67. The number of aromatic nitrogens is 2. The highest BCUT2D eigenvalue weighted by atomic mass is 16.5. The van der Waals surface area contributed by atoms with Gasteiger partial charge in [0.2, 0.25) is 0 Å². The molecule has 0 saturated carbocycles. The highest BCUT2D eigenvalue weighted by Crippen LogP contribution is 2.21. The molecule has 4 nitrogen and oxygen atoms in total. The number of rotatable bonds is 2. The predicted molar refractivity (Wildman–Crippen MR) is 48.6 cm³/mol. The molecule has 0 radical (unpaired) electrons. The molecule has 1 aromatic heterocycles. The van der Waals surface area contributed by atoms with Crippen molar-refractivity contribution in [2.75, 3.05) is 6.61 Å². The molecule has 0 amide bonds. The van der Waals surface area contributed by atoms with Gasteiger partial charge in [-0.05, 0) is 13.3 Å². The van der Waals surface area contributed by atoms with Crippen molar-refractivity contribution in [2.24, 2.45) is 5.92 Å². The van der Waals surface area contributed by atoms with Crippen LogP contribution in [0, 0.1) is 5.92 Å². The standard InChI is InChI=1S/C9H14N2O2/c1-7-8(2-5-13-7)6-11-4-3-10-9(11)12/h3-4,7-8H,2,5-6H2,1H3,(H,10,12). The fourth-order valence-corrected chi connectivity index (χ4v) is 1.76. The number of hydrogen-bond acceptors (Lipinski definition) is 2. The van der Waals surface area contributed by atoms with Crippen molar-refractivity contribution in [2.45, 2.75) is 26.0 Å². The molecule has 0 aromatic carbocycles. The SMILES string of the molecule is CC1OCCC1Cn1cc[nH]c1=O. The van der Waals surface area contributed by atoms with E-state index in [0.717, 1.165) is 19.6 Å². The molecule has 72 valence electrons. The van der Waals surface area contributed by atoms with Crippen LogP contribution in [0.4, 0.5) is 0 Å². The highest BCUT2D eigenvalue weighted by Gasteiger charge is 2.24. The number of H-pyrrole nitrogens is 1. The van der Waals surface area contributed by atoms with Gasteiger partial charge >= 0.3 is 5.69 Å². The van der Waals surface area contributed by atoms with Gasteiger partial charge in [0.1, 0.15) is 0 Å². The molecule has 2 rings (SSSR count). The first-order chi connectivity index (χ1) is 6.27. The Labute approximate surface area is 76.5 Å². The lowest BCUT2D eigenvalue weighted by Crippen LogP contribution is -2.24. The first kappa shape index (κ1) is 8.56. The van der Waals surface area contributed by atoms with E-state index < -0.39 is 0 Å². The summed E-state index contributed by atoms with van der Waals surface area (Å²) in [7, 11) is 0. The molecular formula is C9H14N2O2. The van der Waals surface area contributed by atoms with Gasteiger partial charge in [0, 0.05) is 31.5 Å². The minimum absolute atomic E-state index is 0.0286. The molecule has 1 fully saturated rings. The Morgan fingerprint density at radius 2 is 2.62 bits per heavy atom. The van der Waals surface area contributed by atoms with E-state index in [0.29, 0.717) is 5.92 Å². The summed E-state index contributed by atoms with van der Waals surface area (Å²) in [5.41, 5.74) is -0.0286. The Morgan fingerprint density at radius 3 is 3.15 bits per heavy atom. The van der Waals surface area contributed by atoms with E-state index in [4.69, 9.17) is 4.74 Å². The maximum atomic E-state index is 11.2. The zero-order valence-electron chi connectivity index (χ0n) is 7.69. The minimum atomic E-state index is -0.0286. The largest absolute Gasteiger partial charge is 0.378 e. The van der Waals surface area contributed by atoms with Crippen LogP contribution in [0.5, 0.6) is 0 Å². The lowest BCUT2D eigenvalue weighted by Gasteiger charge is -2.13. The van der Waals surface area contributed by atoms with Crippen molar-refractivity contribution in [1.29, 1.82) is 0 Å². The molecule has 1 saturated heterocycles. The quantitative estimate of drug-likeness (QED) is 0.728. The van der Waals surface area contributed by atoms with Crippen LogP contribution in [0.15, 0.2) is 17.2 Å². The van der Waals surface area contributed by atoms with Crippen LogP contribution in [0.3, 0.4) is 0 Å². The zero-order valence-corrected chi connectivity index (χ0v) is 7.69. The number of hydrogen-bond donors (Lipinski definition) is 1. The second-order valence-electron chi connectivity index (χ2n) is 3.54. The third-order valence-electron chi connectivity index (χ3n) is 2.69. The summed E-state index contributed by atoms with van der Waals surface area (Å²) in [6, 6.07) is 0. The first-order valence-electron chi connectivity index (χ1n) is 4.63. The number of aromatic amines is 1. The molecule has 2 heterocycles. The van der Waals surface area contributed by atoms with Gasteiger partial charge in [-0.3, -0.25) is 4.57 Å². The Kier molecular flexibility index (Phi) is 2.22. The van der Waals surface area contributed by atoms with Crippen LogP contribution in [0.25, 0.3) is 0 Å². The van der Waals surface area contributed by atoms with Crippen molar-refractivity contribution in [3.05, 3.63) is 22.9 Å². The van der Waals surface area contributed by atoms with Crippen LogP contribution in [-0.2, 0) is 11.3 Å². The number of nitrogens with zero attached hydrogens (tertiary/aromatic N) is 1. The molecule has 13 heavy (non-hydrogen) atoms. The summed E-state index contributed by atoms with van der Waals surface area (Å²) in [5, 5.41) is 0. The van der Waals surface area contributed by atoms with Gasteiger partial charge in [-0.15, -0.1) is 0 Å². The van der Waals surface area contributed by atoms with Crippen molar-refractivity contribution in [3.63, 3.8) is 0 Å². The van der Waals surface area contributed by atoms with Crippen LogP contribution in [-0.4, -0.2) is 22.3 Å². The summed E-state index contributed by atoms with van der Waals surface area (Å²) in [5.74, 6) is 0.480. The monoisotopic (exact) mass is 182 g/mol. The Morgan fingerprint density at radius 1 is 1.77 bits per heavy atom. The van der Waals surface area contributed by atoms with Crippen molar-refractivity contribution >= 4 is 0 Å². The van der Waals surface area contributed by atoms with Crippen LogP contribution in [0.1, 0.15) is 13.3 Å². The van der Waals surface area contributed by atoms with E-state index in [1.165, 1.54) is 0 Å². The third-order valence-corrected chi connectivity index (χ3v) is 2.69. The van der Waals surface area contributed by atoms with Gasteiger partial charge in [0.15, 0.2) is 0 Å². The molecular weight excluding hydrogens is 168 g/mol. The molecule has 0 bridgehead atoms. The molecule has 2 atom stereocenters. The Hall–Kier alpha value is -1.03. The Balaban J connectivity index is 2.06. The second kappa shape index (κ2) is 3.38. The molecule has 1 aliphatic rings. The van der Waals surface area contributed by atoms with Gasteiger partial charge in [-0.25, -0.2) is 4.79 Å². The molecule has 1 aromatic rings. The van der Waals surface area contributed by atoms with Gasteiger partial charge < -0.3 is 9.72 Å². The lowest BCUT2D eigenvalue weighted by atomic mass is 10.0. The van der Waals surface area contributed by atoms with Gasteiger partial charge in [0.25, 0.3) is 0 Å². The van der Waals surface area contributed by atoms with E-state index in [1.807, 2.05) is 0 Å². The second-order valence-corrected chi connectivity index (χ2v) is 3.54. The number of imidazole rings is 1. The van der Waals surface area contributed by atoms with Crippen molar-refractivity contribution in [3.8, 4) is 0 Å². The van der Waals surface area contributed by atoms with Gasteiger partial charge in [-0.2, -0.15) is 0 Å². The van der Waals surface area contributed by atoms with Crippen LogP contribution < -0.4 is 5.69 Å². The molecule has 2 unspecified atom stereocenters.